The van der Waals surface area contributed by atoms with E-state index in [9.17, 15) is 18.4 Å². The molecule has 0 aromatic heterocycles. The van der Waals surface area contributed by atoms with E-state index in [1.807, 2.05) is 6.07 Å². The first-order chi connectivity index (χ1) is 12.0. The van der Waals surface area contributed by atoms with E-state index in [2.05, 4.69) is 5.32 Å². The summed E-state index contributed by atoms with van der Waals surface area (Å²) in [5.41, 5.74) is 0.569. The molecule has 1 aliphatic heterocycles. The standard InChI is InChI=1S/C18H16F2N2O3/c1-22-15(23)10-25-17(16(22)11-5-3-2-4-6-11)18(24)21-14-8-7-12(19)9-13(14)20/h2-9,16-17H,10H2,1H3,(H,21,24)/t16-,17+/m0/s1. The highest BCUT2D eigenvalue weighted by atomic mass is 19.1. The fourth-order valence-corrected chi connectivity index (χ4v) is 2.77. The van der Waals surface area contributed by atoms with Crippen LogP contribution < -0.4 is 5.32 Å². The van der Waals surface area contributed by atoms with Crippen LogP contribution in [0.1, 0.15) is 11.6 Å². The van der Waals surface area contributed by atoms with Crippen molar-refractivity contribution in [3.05, 3.63) is 65.7 Å². The van der Waals surface area contributed by atoms with E-state index in [1.165, 1.54) is 4.90 Å². The molecule has 0 saturated carbocycles. The Morgan fingerprint density at radius 3 is 2.60 bits per heavy atom. The number of hydrogen-bond acceptors (Lipinski definition) is 3. The number of anilines is 1. The van der Waals surface area contributed by atoms with Gasteiger partial charge in [0.05, 0.1) is 11.7 Å². The molecule has 130 valence electrons. The van der Waals surface area contributed by atoms with Crippen molar-refractivity contribution >= 4 is 17.5 Å². The smallest absolute Gasteiger partial charge is 0.256 e. The number of benzene rings is 2. The molecule has 0 spiro atoms. The summed E-state index contributed by atoms with van der Waals surface area (Å²) in [5, 5.41) is 2.40. The summed E-state index contributed by atoms with van der Waals surface area (Å²) >= 11 is 0. The van der Waals surface area contributed by atoms with E-state index in [1.54, 1.807) is 31.3 Å². The van der Waals surface area contributed by atoms with Crippen molar-refractivity contribution < 1.29 is 23.1 Å². The number of rotatable bonds is 3. The molecule has 1 heterocycles. The van der Waals surface area contributed by atoms with Crippen LogP contribution in [0.25, 0.3) is 0 Å². The number of nitrogens with one attached hydrogen (secondary N) is 1. The molecular weight excluding hydrogens is 330 g/mol. The minimum atomic E-state index is -1.02. The van der Waals surface area contributed by atoms with E-state index in [0.29, 0.717) is 6.07 Å². The molecule has 1 aliphatic rings. The molecule has 2 aromatic rings. The topological polar surface area (TPSA) is 58.6 Å². The molecule has 0 radical (unpaired) electrons. The van der Waals surface area contributed by atoms with Crippen molar-refractivity contribution in [2.45, 2.75) is 12.1 Å². The highest BCUT2D eigenvalue weighted by Crippen LogP contribution is 2.30. The summed E-state index contributed by atoms with van der Waals surface area (Å²) in [6, 6.07) is 11.2. The lowest BCUT2D eigenvalue weighted by Gasteiger charge is -2.38. The van der Waals surface area contributed by atoms with Crippen LogP contribution in [0.5, 0.6) is 0 Å². The molecule has 0 bridgehead atoms. The molecule has 0 aliphatic carbocycles. The largest absolute Gasteiger partial charge is 0.356 e. The second-order valence-electron chi connectivity index (χ2n) is 5.71. The van der Waals surface area contributed by atoms with Crippen LogP contribution in [0.4, 0.5) is 14.5 Å². The summed E-state index contributed by atoms with van der Waals surface area (Å²) in [5.74, 6) is -2.49. The van der Waals surface area contributed by atoms with Crippen molar-refractivity contribution in [1.29, 1.82) is 0 Å². The molecule has 1 N–H and O–H groups in total. The Bertz CT molecular complexity index is 798. The Morgan fingerprint density at radius 2 is 1.92 bits per heavy atom. The van der Waals surface area contributed by atoms with Gasteiger partial charge in [0.1, 0.15) is 18.2 Å². The highest BCUT2D eigenvalue weighted by Gasteiger charge is 2.40. The zero-order valence-electron chi connectivity index (χ0n) is 13.4. The predicted octanol–water partition coefficient (Wildman–Crippen LogP) is 2.50. The van der Waals surface area contributed by atoms with E-state index in [-0.39, 0.29) is 18.2 Å². The third-order valence-electron chi connectivity index (χ3n) is 4.07. The maximum absolute atomic E-state index is 13.8. The SMILES string of the molecule is CN1C(=O)CO[C@@H](C(=O)Nc2ccc(F)cc2F)[C@@H]1c1ccccc1. The zero-order chi connectivity index (χ0) is 18.0. The van der Waals surface area contributed by atoms with Gasteiger partial charge in [0.15, 0.2) is 6.10 Å². The van der Waals surface area contributed by atoms with Crippen molar-refractivity contribution in [3.8, 4) is 0 Å². The van der Waals surface area contributed by atoms with Crippen LogP contribution in [-0.4, -0.2) is 36.5 Å². The lowest BCUT2D eigenvalue weighted by atomic mass is 9.97. The molecule has 1 saturated heterocycles. The van der Waals surface area contributed by atoms with Gasteiger partial charge in [-0.05, 0) is 17.7 Å². The van der Waals surface area contributed by atoms with E-state index in [4.69, 9.17) is 4.74 Å². The van der Waals surface area contributed by atoms with Crippen LogP contribution in [0, 0.1) is 11.6 Å². The van der Waals surface area contributed by atoms with Gasteiger partial charge in [-0.25, -0.2) is 8.78 Å². The zero-order valence-corrected chi connectivity index (χ0v) is 13.4. The normalized spacial score (nSPS) is 20.4. The van der Waals surface area contributed by atoms with Crippen molar-refractivity contribution in [2.24, 2.45) is 0 Å². The molecule has 5 nitrogen and oxygen atoms in total. The van der Waals surface area contributed by atoms with E-state index >= 15 is 0 Å². The summed E-state index contributed by atoms with van der Waals surface area (Å²) in [4.78, 5) is 26.0. The average molecular weight is 346 g/mol. The third kappa shape index (κ3) is 3.51. The van der Waals surface area contributed by atoms with Crippen LogP contribution in [0.2, 0.25) is 0 Å². The number of carbonyl (C=O) groups excluding carboxylic acids is 2. The summed E-state index contributed by atoms with van der Waals surface area (Å²) < 4.78 is 32.2. The van der Waals surface area contributed by atoms with Gasteiger partial charge in [0, 0.05) is 13.1 Å². The number of morpholine rings is 1. The molecule has 0 unspecified atom stereocenters. The number of ether oxygens (including phenoxy) is 1. The quantitative estimate of drug-likeness (QED) is 0.929. The Balaban J connectivity index is 1.87. The maximum atomic E-state index is 13.8. The first-order valence-electron chi connectivity index (χ1n) is 7.65. The van der Waals surface area contributed by atoms with Crippen LogP contribution >= 0.6 is 0 Å². The molecule has 2 aromatic carbocycles. The van der Waals surface area contributed by atoms with Crippen LogP contribution in [0.3, 0.4) is 0 Å². The Hall–Kier alpha value is -2.80. The van der Waals surface area contributed by atoms with Gasteiger partial charge in [0.2, 0.25) is 5.91 Å². The third-order valence-corrected chi connectivity index (χ3v) is 4.07. The van der Waals surface area contributed by atoms with Gasteiger partial charge >= 0.3 is 0 Å². The first-order valence-corrected chi connectivity index (χ1v) is 7.65. The predicted molar refractivity (Wildman–Crippen MR) is 86.7 cm³/mol. The lowest BCUT2D eigenvalue weighted by Crippen LogP contribution is -2.51. The Morgan fingerprint density at radius 1 is 1.20 bits per heavy atom. The fraction of sp³-hybridized carbons (Fsp3) is 0.222. The van der Waals surface area contributed by atoms with E-state index in [0.717, 1.165) is 17.7 Å². The number of likely N-dealkylation sites (N-methyl/N-ethyl adjacent to an activating group) is 1. The molecule has 2 amide bonds. The van der Waals surface area contributed by atoms with Gasteiger partial charge in [-0.3, -0.25) is 9.59 Å². The number of halogens is 2. The maximum Gasteiger partial charge on any atom is 0.256 e. The second-order valence-corrected chi connectivity index (χ2v) is 5.71. The number of amides is 2. The van der Waals surface area contributed by atoms with Crippen molar-refractivity contribution in [1.82, 2.24) is 4.90 Å². The van der Waals surface area contributed by atoms with Crippen LogP contribution in [-0.2, 0) is 14.3 Å². The van der Waals surface area contributed by atoms with Gasteiger partial charge < -0.3 is 15.0 Å². The summed E-state index contributed by atoms with van der Waals surface area (Å²) in [7, 11) is 1.58. The fourth-order valence-electron chi connectivity index (χ4n) is 2.77. The van der Waals surface area contributed by atoms with Gasteiger partial charge in [-0.1, -0.05) is 30.3 Å². The molecule has 1 fully saturated rings. The number of carbonyl (C=O) groups is 2. The second kappa shape index (κ2) is 6.98. The highest BCUT2D eigenvalue weighted by molar-refractivity contribution is 5.96. The van der Waals surface area contributed by atoms with Gasteiger partial charge in [-0.2, -0.15) is 0 Å². The number of hydrogen-bond donors (Lipinski definition) is 1. The monoisotopic (exact) mass is 346 g/mol. The van der Waals surface area contributed by atoms with Gasteiger partial charge in [-0.15, -0.1) is 0 Å². The Labute approximate surface area is 143 Å². The van der Waals surface area contributed by atoms with Crippen molar-refractivity contribution in [2.75, 3.05) is 19.0 Å². The van der Waals surface area contributed by atoms with Gasteiger partial charge in [0.25, 0.3) is 5.91 Å². The lowest BCUT2D eigenvalue weighted by molar-refractivity contribution is -0.160. The summed E-state index contributed by atoms with van der Waals surface area (Å²) in [6.45, 7) is -0.246. The first kappa shape index (κ1) is 17.0. The molecule has 2 atom stereocenters. The minimum Gasteiger partial charge on any atom is -0.356 e. The molecule has 25 heavy (non-hydrogen) atoms. The average Bonchev–Trinajstić information content (AvgIpc) is 2.60. The Kier molecular flexibility index (Phi) is 4.76. The molecular formula is C18H16F2N2O3. The van der Waals surface area contributed by atoms with Crippen molar-refractivity contribution in [3.63, 3.8) is 0 Å². The molecule has 3 rings (SSSR count). The number of nitrogens with zero attached hydrogens (tertiary/aromatic N) is 1. The van der Waals surface area contributed by atoms with Crippen LogP contribution in [0.15, 0.2) is 48.5 Å². The van der Waals surface area contributed by atoms with E-state index < -0.39 is 29.7 Å². The minimum absolute atomic E-state index is 0.152. The summed E-state index contributed by atoms with van der Waals surface area (Å²) in [6.07, 6.45) is -1.02. The molecule has 7 heteroatoms.